The van der Waals surface area contributed by atoms with Crippen molar-refractivity contribution in [3.63, 3.8) is 0 Å². The van der Waals surface area contributed by atoms with Crippen LogP contribution in [0.1, 0.15) is 5.56 Å². The number of benzene rings is 2. The average molecular weight is 373 g/mol. The molecule has 26 heavy (non-hydrogen) atoms. The molecule has 0 saturated carbocycles. The van der Waals surface area contributed by atoms with E-state index in [2.05, 4.69) is 9.80 Å². The van der Waals surface area contributed by atoms with E-state index in [9.17, 15) is 9.18 Å². The van der Waals surface area contributed by atoms with Gasteiger partial charge in [-0.2, -0.15) is 0 Å². The summed E-state index contributed by atoms with van der Waals surface area (Å²) in [5, 5.41) is 1.46. The topological polar surface area (TPSA) is 36.7 Å². The Labute approximate surface area is 155 Å². The van der Waals surface area contributed by atoms with E-state index in [1.54, 1.807) is 18.2 Å². The Balaban J connectivity index is 1.51. The molecule has 0 radical (unpaired) electrons. The molecule has 2 heterocycles. The third-order valence-electron chi connectivity index (χ3n) is 4.75. The molecule has 1 aliphatic heterocycles. The highest BCUT2D eigenvalue weighted by Gasteiger charge is 2.20. The number of para-hydroxylation sites is 1. The summed E-state index contributed by atoms with van der Waals surface area (Å²) in [6.45, 7) is 3.68. The first-order chi connectivity index (χ1) is 12.6. The third-order valence-corrected chi connectivity index (χ3v) is 4.98. The maximum absolute atomic E-state index is 14.0. The Hall–Kier alpha value is -2.37. The maximum atomic E-state index is 14.0. The van der Waals surface area contributed by atoms with E-state index in [1.165, 1.54) is 12.1 Å². The molecule has 0 N–H and O–H groups in total. The van der Waals surface area contributed by atoms with Crippen LogP contribution in [0.5, 0.6) is 0 Å². The van der Waals surface area contributed by atoms with E-state index >= 15 is 0 Å². The smallest absolute Gasteiger partial charge is 0.336 e. The zero-order valence-electron chi connectivity index (χ0n) is 14.1. The molecule has 2 aromatic carbocycles. The van der Waals surface area contributed by atoms with Crippen LogP contribution >= 0.6 is 11.6 Å². The molecule has 0 atom stereocenters. The minimum atomic E-state index is -0.361. The van der Waals surface area contributed by atoms with Gasteiger partial charge < -0.3 is 9.32 Å². The van der Waals surface area contributed by atoms with Gasteiger partial charge in [0.2, 0.25) is 0 Å². The van der Waals surface area contributed by atoms with Crippen molar-refractivity contribution in [1.29, 1.82) is 0 Å². The lowest BCUT2D eigenvalue weighted by atomic mass is 10.1. The Bertz CT molecular complexity index is 997. The molecule has 4 rings (SSSR count). The van der Waals surface area contributed by atoms with Gasteiger partial charge in [-0.3, -0.25) is 4.90 Å². The Morgan fingerprint density at radius 2 is 1.81 bits per heavy atom. The second kappa shape index (κ2) is 7.09. The largest absolute Gasteiger partial charge is 0.423 e. The molecule has 134 valence electrons. The normalized spacial score (nSPS) is 15.5. The quantitative estimate of drug-likeness (QED) is 0.653. The number of fused-ring (bicyclic) bond motifs is 1. The number of halogens is 2. The summed E-state index contributed by atoms with van der Waals surface area (Å²) in [6, 6.07) is 13.6. The van der Waals surface area contributed by atoms with Crippen molar-refractivity contribution in [2.45, 2.75) is 6.54 Å². The van der Waals surface area contributed by atoms with Gasteiger partial charge in [0.15, 0.2) is 0 Å². The standard InChI is InChI=1S/C20H18ClFN2O2/c21-15-5-6-19-16(12-15)14(11-20(25)26-19)13-23-7-9-24(10-8-23)18-4-2-1-3-17(18)22/h1-6,11-12H,7-10,13H2. The van der Waals surface area contributed by atoms with Crippen LogP contribution in [-0.4, -0.2) is 31.1 Å². The molecule has 1 saturated heterocycles. The van der Waals surface area contributed by atoms with Crippen molar-refractivity contribution >= 4 is 28.3 Å². The molecule has 3 aromatic rings. The SMILES string of the molecule is O=c1cc(CN2CCN(c3ccccc3F)CC2)c2cc(Cl)ccc2o1. The predicted molar refractivity (Wildman–Crippen MR) is 101 cm³/mol. The van der Waals surface area contributed by atoms with Crippen molar-refractivity contribution in [3.8, 4) is 0 Å². The Morgan fingerprint density at radius 1 is 1.04 bits per heavy atom. The van der Waals surface area contributed by atoms with Crippen LogP contribution in [0.2, 0.25) is 5.02 Å². The first-order valence-corrected chi connectivity index (χ1v) is 8.92. The van der Waals surface area contributed by atoms with Gasteiger partial charge in [-0.1, -0.05) is 23.7 Å². The van der Waals surface area contributed by atoms with E-state index in [4.69, 9.17) is 16.0 Å². The number of anilines is 1. The molecule has 4 nitrogen and oxygen atoms in total. The maximum Gasteiger partial charge on any atom is 0.336 e. The Kier molecular flexibility index (Phi) is 4.66. The highest BCUT2D eigenvalue weighted by atomic mass is 35.5. The van der Waals surface area contributed by atoms with Crippen LogP contribution in [0.4, 0.5) is 10.1 Å². The van der Waals surface area contributed by atoms with Gasteiger partial charge in [-0.05, 0) is 35.9 Å². The second-order valence-corrected chi connectivity index (χ2v) is 6.88. The summed E-state index contributed by atoms with van der Waals surface area (Å²) < 4.78 is 19.2. The van der Waals surface area contributed by atoms with Crippen LogP contribution in [0, 0.1) is 5.82 Å². The molecule has 0 amide bonds. The van der Waals surface area contributed by atoms with Gasteiger partial charge in [0.05, 0.1) is 5.69 Å². The zero-order chi connectivity index (χ0) is 18.1. The van der Waals surface area contributed by atoms with E-state index in [0.29, 0.717) is 22.8 Å². The van der Waals surface area contributed by atoms with Crippen molar-refractivity contribution in [3.05, 3.63) is 75.4 Å². The highest BCUT2D eigenvalue weighted by Crippen LogP contribution is 2.24. The summed E-state index contributed by atoms with van der Waals surface area (Å²) >= 11 is 6.10. The molecule has 0 aliphatic carbocycles. The fraction of sp³-hybridized carbons (Fsp3) is 0.250. The molecule has 0 spiro atoms. The fourth-order valence-electron chi connectivity index (χ4n) is 3.43. The minimum Gasteiger partial charge on any atom is -0.423 e. The molecule has 0 bridgehead atoms. The number of piperazine rings is 1. The number of rotatable bonds is 3. The van der Waals surface area contributed by atoms with Crippen LogP contribution in [0.25, 0.3) is 11.0 Å². The number of nitrogens with zero attached hydrogens (tertiary/aromatic N) is 2. The van der Waals surface area contributed by atoms with E-state index in [1.807, 2.05) is 18.2 Å². The number of hydrogen-bond acceptors (Lipinski definition) is 4. The molecule has 1 fully saturated rings. The Morgan fingerprint density at radius 3 is 2.58 bits per heavy atom. The second-order valence-electron chi connectivity index (χ2n) is 6.45. The fourth-order valence-corrected chi connectivity index (χ4v) is 3.60. The molecule has 1 aliphatic rings. The van der Waals surface area contributed by atoms with Gasteiger partial charge in [0.25, 0.3) is 0 Å². The molecule has 1 aromatic heterocycles. The summed E-state index contributed by atoms with van der Waals surface area (Å²) in [7, 11) is 0. The molecule has 0 unspecified atom stereocenters. The van der Waals surface area contributed by atoms with Gasteiger partial charge in [-0.15, -0.1) is 0 Å². The van der Waals surface area contributed by atoms with Crippen LogP contribution in [0.3, 0.4) is 0 Å². The third kappa shape index (κ3) is 3.45. The summed E-state index contributed by atoms with van der Waals surface area (Å²) in [4.78, 5) is 16.1. The van der Waals surface area contributed by atoms with Crippen molar-refractivity contribution < 1.29 is 8.81 Å². The van der Waals surface area contributed by atoms with Crippen molar-refractivity contribution in [2.24, 2.45) is 0 Å². The summed E-state index contributed by atoms with van der Waals surface area (Å²) in [5.41, 5.74) is 1.73. The van der Waals surface area contributed by atoms with Gasteiger partial charge in [0.1, 0.15) is 11.4 Å². The van der Waals surface area contributed by atoms with Gasteiger partial charge in [0, 0.05) is 49.2 Å². The van der Waals surface area contributed by atoms with E-state index < -0.39 is 0 Å². The average Bonchev–Trinajstić information content (AvgIpc) is 2.63. The van der Waals surface area contributed by atoms with E-state index in [0.717, 1.165) is 37.1 Å². The van der Waals surface area contributed by atoms with Crippen LogP contribution in [0.15, 0.2) is 57.7 Å². The summed E-state index contributed by atoms with van der Waals surface area (Å²) in [5.74, 6) is -0.192. The van der Waals surface area contributed by atoms with Gasteiger partial charge in [-0.25, -0.2) is 9.18 Å². The molecule has 6 heteroatoms. The van der Waals surface area contributed by atoms with Crippen molar-refractivity contribution in [2.75, 3.05) is 31.1 Å². The monoisotopic (exact) mass is 372 g/mol. The van der Waals surface area contributed by atoms with E-state index in [-0.39, 0.29) is 11.4 Å². The van der Waals surface area contributed by atoms with Crippen molar-refractivity contribution in [1.82, 2.24) is 4.90 Å². The lowest BCUT2D eigenvalue weighted by Gasteiger charge is -2.36. The highest BCUT2D eigenvalue weighted by molar-refractivity contribution is 6.31. The van der Waals surface area contributed by atoms with Gasteiger partial charge >= 0.3 is 5.63 Å². The molecular weight excluding hydrogens is 355 g/mol. The minimum absolute atomic E-state index is 0.192. The lowest BCUT2D eigenvalue weighted by Crippen LogP contribution is -2.46. The number of hydrogen-bond donors (Lipinski definition) is 0. The van der Waals surface area contributed by atoms with Crippen LogP contribution < -0.4 is 10.5 Å². The summed E-state index contributed by atoms with van der Waals surface area (Å²) in [6.07, 6.45) is 0. The first-order valence-electron chi connectivity index (χ1n) is 8.54. The zero-order valence-corrected chi connectivity index (χ0v) is 14.9. The molecular formula is C20H18ClFN2O2. The van der Waals surface area contributed by atoms with Crippen LogP contribution in [-0.2, 0) is 6.54 Å². The predicted octanol–water partition coefficient (Wildman–Crippen LogP) is 3.91. The lowest BCUT2D eigenvalue weighted by molar-refractivity contribution is 0.249. The first kappa shape index (κ1) is 17.1.